The topological polar surface area (TPSA) is 52.6 Å². The lowest BCUT2D eigenvalue weighted by Gasteiger charge is -2.59. The molecule has 3 saturated carbocycles. The highest BCUT2D eigenvalue weighted by Gasteiger charge is 2.63. The van der Waals surface area contributed by atoms with E-state index in [0.717, 1.165) is 43.4 Å². The van der Waals surface area contributed by atoms with Crippen LogP contribution in [0.4, 0.5) is 0 Å². The molecule has 166 valence electrons. The van der Waals surface area contributed by atoms with Crippen LogP contribution in [0.15, 0.2) is 11.6 Å². The normalized spacial score (nSPS) is 50.1. The molecule has 5 rings (SSSR count). The molecule has 0 spiro atoms. The first-order chi connectivity index (χ1) is 14.2. The number of ether oxygens (including phenoxy) is 2. The van der Waals surface area contributed by atoms with Gasteiger partial charge in [0, 0.05) is 25.7 Å². The Kier molecular flexibility index (Phi) is 4.69. The van der Waals surface area contributed by atoms with E-state index >= 15 is 0 Å². The second-order valence-corrected chi connectivity index (χ2v) is 11.7. The van der Waals surface area contributed by atoms with E-state index in [0.29, 0.717) is 12.3 Å². The maximum Gasteiger partial charge on any atom is 0.306 e. The van der Waals surface area contributed by atoms with Crippen molar-refractivity contribution in [2.75, 3.05) is 0 Å². The van der Waals surface area contributed by atoms with Gasteiger partial charge in [0.15, 0.2) is 0 Å². The van der Waals surface area contributed by atoms with Crippen molar-refractivity contribution in [1.29, 1.82) is 0 Å². The highest BCUT2D eigenvalue weighted by Crippen LogP contribution is 2.68. The van der Waals surface area contributed by atoms with Crippen LogP contribution in [0, 0.1) is 34.5 Å². The van der Waals surface area contributed by atoms with Gasteiger partial charge in [-0.3, -0.25) is 9.59 Å². The molecule has 0 amide bonds. The smallest absolute Gasteiger partial charge is 0.306 e. The molecule has 0 radical (unpaired) electrons. The zero-order valence-electron chi connectivity index (χ0n) is 19.2. The first-order valence-electron chi connectivity index (χ1n) is 12.2. The quantitative estimate of drug-likeness (QED) is 0.436. The Bertz CT molecular complexity index is 786. The summed E-state index contributed by atoms with van der Waals surface area (Å²) in [5, 5.41) is 0. The van der Waals surface area contributed by atoms with E-state index in [-0.39, 0.29) is 34.5 Å². The van der Waals surface area contributed by atoms with Crippen molar-refractivity contribution in [2.45, 2.75) is 104 Å². The fraction of sp³-hybridized carbons (Fsp3) is 0.846. The largest absolute Gasteiger partial charge is 0.462 e. The summed E-state index contributed by atoms with van der Waals surface area (Å²) in [5.41, 5.74) is 1.85. The Balaban J connectivity index is 1.39. The second-order valence-electron chi connectivity index (χ2n) is 11.7. The summed E-state index contributed by atoms with van der Waals surface area (Å²) in [5.74, 6) is 2.57. The van der Waals surface area contributed by atoms with Gasteiger partial charge < -0.3 is 9.47 Å². The first-order valence-corrected chi connectivity index (χ1v) is 12.2. The van der Waals surface area contributed by atoms with Gasteiger partial charge >= 0.3 is 11.9 Å². The van der Waals surface area contributed by atoms with Gasteiger partial charge in [-0.1, -0.05) is 25.5 Å². The highest BCUT2D eigenvalue weighted by atomic mass is 16.6. The standard InChI is InChI=1S/C26H38O4/c1-16(27)29-18-9-12-24(2)17(15-18)5-6-19-20-7-8-22(25(20,3)13-10-21(19)24)26(4)14-11-23(28)30-26/h5,18-22H,6-15H2,1-4H3/t18-,19+,20-,21-,22-,24-,25-,26-/m0/s1. The van der Waals surface area contributed by atoms with E-state index in [4.69, 9.17) is 9.47 Å². The van der Waals surface area contributed by atoms with Gasteiger partial charge in [0.25, 0.3) is 0 Å². The van der Waals surface area contributed by atoms with E-state index in [1.54, 1.807) is 5.57 Å². The SMILES string of the molecule is CC(=O)O[C@H]1CC[C@@]2(C)C(=CC[C@@H]3[C@@H]4CC[C@H]([C@]5(C)CCC(=O)O5)[C@@]4(C)CC[C@@H]32)C1. The minimum Gasteiger partial charge on any atom is -0.462 e. The molecule has 4 aliphatic carbocycles. The van der Waals surface area contributed by atoms with Crippen molar-refractivity contribution in [3.05, 3.63) is 11.6 Å². The molecule has 0 N–H and O–H groups in total. The zero-order chi connectivity index (χ0) is 21.3. The van der Waals surface area contributed by atoms with E-state index in [2.05, 4.69) is 26.8 Å². The van der Waals surface area contributed by atoms with Crippen LogP contribution in [0.5, 0.6) is 0 Å². The molecular formula is C26H38O4. The molecule has 0 aromatic heterocycles. The van der Waals surface area contributed by atoms with E-state index in [1.165, 1.54) is 39.0 Å². The van der Waals surface area contributed by atoms with Crippen LogP contribution in [-0.2, 0) is 19.1 Å². The number of carbonyl (C=O) groups is 2. The van der Waals surface area contributed by atoms with Crippen LogP contribution in [-0.4, -0.2) is 23.6 Å². The third-order valence-electron chi connectivity index (χ3n) is 10.3. The second kappa shape index (κ2) is 6.84. The summed E-state index contributed by atoms with van der Waals surface area (Å²) in [6.45, 7) is 8.75. The molecule has 4 fully saturated rings. The Hall–Kier alpha value is -1.32. The number of rotatable bonds is 2. The molecule has 1 saturated heterocycles. The summed E-state index contributed by atoms with van der Waals surface area (Å²) in [7, 11) is 0. The van der Waals surface area contributed by atoms with E-state index in [1.807, 2.05) is 0 Å². The van der Waals surface area contributed by atoms with Gasteiger partial charge in [-0.15, -0.1) is 0 Å². The van der Waals surface area contributed by atoms with Crippen molar-refractivity contribution in [1.82, 2.24) is 0 Å². The van der Waals surface area contributed by atoms with Crippen LogP contribution in [0.25, 0.3) is 0 Å². The average molecular weight is 415 g/mol. The van der Waals surface area contributed by atoms with Crippen molar-refractivity contribution >= 4 is 11.9 Å². The van der Waals surface area contributed by atoms with Crippen molar-refractivity contribution in [3.8, 4) is 0 Å². The van der Waals surface area contributed by atoms with Crippen molar-refractivity contribution in [2.24, 2.45) is 34.5 Å². The maximum atomic E-state index is 11.9. The van der Waals surface area contributed by atoms with Crippen LogP contribution in [0.1, 0.15) is 91.9 Å². The number of carbonyl (C=O) groups excluding carboxylic acids is 2. The number of fused-ring (bicyclic) bond motifs is 5. The number of hydrogen-bond donors (Lipinski definition) is 0. The van der Waals surface area contributed by atoms with Crippen LogP contribution < -0.4 is 0 Å². The zero-order valence-corrected chi connectivity index (χ0v) is 19.2. The molecule has 5 aliphatic rings. The molecule has 1 heterocycles. The predicted octanol–water partition coefficient (Wildman–Crippen LogP) is 5.59. The average Bonchev–Trinajstić information content (AvgIpc) is 3.21. The lowest BCUT2D eigenvalue weighted by atomic mass is 9.46. The van der Waals surface area contributed by atoms with E-state index < -0.39 is 0 Å². The fourth-order valence-corrected chi connectivity index (χ4v) is 8.92. The predicted molar refractivity (Wildman–Crippen MR) is 114 cm³/mol. The minimum atomic E-state index is -0.255. The van der Waals surface area contributed by atoms with Gasteiger partial charge in [-0.2, -0.15) is 0 Å². The summed E-state index contributed by atoms with van der Waals surface area (Å²) in [6.07, 6.45) is 13.3. The van der Waals surface area contributed by atoms with Gasteiger partial charge in [-0.05, 0) is 86.9 Å². The molecule has 4 heteroatoms. The molecule has 30 heavy (non-hydrogen) atoms. The third-order valence-corrected chi connectivity index (χ3v) is 10.3. The maximum absolute atomic E-state index is 11.9. The monoisotopic (exact) mass is 414 g/mol. The summed E-state index contributed by atoms with van der Waals surface area (Å²) < 4.78 is 11.5. The molecule has 1 aliphatic heterocycles. The Morgan fingerprint density at radius 3 is 2.57 bits per heavy atom. The number of esters is 2. The minimum absolute atomic E-state index is 0.000489. The van der Waals surface area contributed by atoms with Crippen LogP contribution in [0.3, 0.4) is 0 Å². The Labute approximate surface area is 181 Å². The molecule has 4 nitrogen and oxygen atoms in total. The van der Waals surface area contributed by atoms with Gasteiger partial charge in [0.1, 0.15) is 11.7 Å². The summed E-state index contributed by atoms with van der Waals surface area (Å²) in [6, 6.07) is 0. The molecule has 0 unspecified atom stereocenters. The van der Waals surface area contributed by atoms with Gasteiger partial charge in [-0.25, -0.2) is 0 Å². The van der Waals surface area contributed by atoms with Gasteiger partial charge in [0.2, 0.25) is 0 Å². The molecule has 0 aromatic carbocycles. The number of allylic oxidation sites excluding steroid dienone is 1. The lowest BCUT2D eigenvalue weighted by Crippen LogP contribution is -2.53. The van der Waals surface area contributed by atoms with E-state index in [9.17, 15) is 9.59 Å². The Morgan fingerprint density at radius 1 is 1.07 bits per heavy atom. The number of cyclic esters (lactones) is 1. The van der Waals surface area contributed by atoms with Crippen LogP contribution in [0.2, 0.25) is 0 Å². The fourth-order valence-electron chi connectivity index (χ4n) is 8.92. The number of hydrogen-bond acceptors (Lipinski definition) is 4. The molecular weight excluding hydrogens is 376 g/mol. The highest BCUT2D eigenvalue weighted by molar-refractivity contribution is 5.72. The van der Waals surface area contributed by atoms with Gasteiger partial charge in [0.05, 0.1) is 0 Å². The van der Waals surface area contributed by atoms with Crippen molar-refractivity contribution < 1.29 is 19.1 Å². The molecule has 8 atom stereocenters. The summed E-state index contributed by atoms with van der Waals surface area (Å²) in [4.78, 5) is 23.4. The molecule has 0 aromatic rings. The lowest BCUT2D eigenvalue weighted by molar-refractivity contribution is -0.159. The van der Waals surface area contributed by atoms with Crippen molar-refractivity contribution in [3.63, 3.8) is 0 Å². The molecule has 0 bridgehead atoms. The first kappa shape index (κ1) is 20.6. The Morgan fingerprint density at radius 2 is 1.87 bits per heavy atom. The summed E-state index contributed by atoms with van der Waals surface area (Å²) >= 11 is 0. The third kappa shape index (κ3) is 2.92. The van der Waals surface area contributed by atoms with Crippen LogP contribution >= 0.6 is 0 Å².